The molecule has 6 heteroatoms. The fourth-order valence-electron chi connectivity index (χ4n) is 0.911. The van der Waals surface area contributed by atoms with Crippen molar-refractivity contribution in [2.24, 2.45) is 5.73 Å². The van der Waals surface area contributed by atoms with Crippen molar-refractivity contribution in [3.8, 4) is 0 Å². The Morgan fingerprint density at radius 2 is 2.00 bits per heavy atom. The fraction of sp³-hybridized carbons (Fsp3) is 0.857. The molecule has 0 saturated heterocycles. The van der Waals surface area contributed by atoms with Crippen LogP contribution in [0, 0.1) is 0 Å². The summed E-state index contributed by atoms with van der Waals surface area (Å²) >= 11 is 4.68. The van der Waals surface area contributed by atoms with Crippen molar-refractivity contribution in [3.05, 3.63) is 0 Å². The van der Waals surface area contributed by atoms with Gasteiger partial charge in [-0.2, -0.15) is 0 Å². The van der Waals surface area contributed by atoms with Crippen LogP contribution in [0.5, 0.6) is 0 Å². The van der Waals surface area contributed by atoms with Crippen LogP contribution in [-0.4, -0.2) is 36.6 Å². The minimum atomic E-state index is -3.09. The molecule has 0 heterocycles. The topological polar surface area (TPSA) is 63.4 Å². The summed E-state index contributed by atoms with van der Waals surface area (Å²) in [4.78, 5) is 0.352. The van der Waals surface area contributed by atoms with Gasteiger partial charge < -0.3 is 5.73 Å². The van der Waals surface area contributed by atoms with Gasteiger partial charge in [0.25, 0.3) is 0 Å². The van der Waals surface area contributed by atoms with Gasteiger partial charge in [-0.05, 0) is 6.92 Å². The van der Waals surface area contributed by atoms with E-state index in [0.29, 0.717) is 24.5 Å². The molecule has 0 aromatic rings. The fourth-order valence-corrected chi connectivity index (χ4v) is 2.13. The second-order valence-electron chi connectivity index (χ2n) is 2.61. The highest BCUT2D eigenvalue weighted by molar-refractivity contribution is 7.89. The quantitative estimate of drug-likeness (QED) is 0.661. The number of thiocarbonyl (C=S) groups is 1. The summed E-state index contributed by atoms with van der Waals surface area (Å²) in [7, 11) is -3.09. The van der Waals surface area contributed by atoms with E-state index in [1.54, 1.807) is 13.8 Å². The summed E-state index contributed by atoms with van der Waals surface area (Å²) in [5.41, 5.74) is 5.29. The maximum absolute atomic E-state index is 11.4. The van der Waals surface area contributed by atoms with Gasteiger partial charge in [-0.25, -0.2) is 12.7 Å². The summed E-state index contributed by atoms with van der Waals surface area (Å²) in [6.45, 7) is 4.28. The molecule has 0 bridgehead atoms. The number of hydrogen-bond donors (Lipinski definition) is 1. The van der Waals surface area contributed by atoms with E-state index in [0.717, 1.165) is 0 Å². The molecule has 0 unspecified atom stereocenters. The first-order valence-corrected chi connectivity index (χ1v) is 6.22. The van der Waals surface area contributed by atoms with Gasteiger partial charge in [0.05, 0.1) is 10.7 Å². The highest BCUT2D eigenvalue weighted by Gasteiger charge is 2.17. The molecule has 2 N–H and O–H groups in total. The van der Waals surface area contributed by atoms with E-state index < -0.39 is 10.0 Å². The predicted octanol–water partition coefficient (Wildman–Crippen LogP) is 0.334. The lowest BCUT2D eigenvalue weighted by Gasteiger charge is -2.18. The van der Waals surface area contributed by atoms with Gasteiger partial charge in [0.15, 0.2) is 0 Å². The van der Waals surface area contributed by atoms with Crippen LogP contribution in [0.15, 0.2) is 0 Å². The van der Waals surface area contributed by atoms with Crippen LogP contribution < -0.4 is 5.73 Å². The van der Waals surface area contributed by atoms with Crippen molar-refractivity contribution in [1.29, 1.82) is 0 Å². The summed E-state index contributed by atoms with van der Waals surface area (Å²) in [5, 5.41) is 0. The zero-order valence-electron chi connectivity index (χ0n) is 7.99. The summed E-state index contributed by atoms with van der Waals surface area (Å²) in [6, 6.07) is 0. The Labute approximate surface area is 85.1 Å². The van der Waals surface area contributed by atoms with Crippen molar-refractivity contribution < 1.29 is 8.42 Å². The molecule has 0 saturated carbocycles. The van der Waals surface area contributed by atoms with Crippen molar-refractivity contribution in [1.82, 2.24) is 4.31 Å². The molecule has 0 radical (unpaired) electrons. The van der Waals surface area contributed by atoms with Gasteiger partial charge in [0.1, 0.15) is 0 Å². The minimum Gasteiger partial charge on any atom is -0.393 e. The van der Waals surface area contributed by atoms with E-state index in [2.05, 4.69) is 12.2 Å². The summed E-state index contributed by atoms with van der Waals surface area (Å²) in [5.74, 6) is 0.123. The van der Waals surface area contributed by atoms with Gasteiger partial charge in [0, 0.05) is 19.5 Å². The number of sulfonamides is 1. The molecule has 0 amide bonds. The van der Waals surface area contributed by atoms with Gasteiger partial charge in [-0.3, -0.25) is 0 Å². The van der Waals surface area contributed by atoms with Crippen molar-refractivity contribution >= 4 is 27.2 Å². The van der Waals surface area contributed by atoms with Crippen LogP contribution in [0.1, 0.15) is 20.3 Å². The Hall–Kier alpha value is -0.200. The zero-order valence-corrected chi connectivity index (χ0v) is 9.62. The predicted molar refractivity (Wildman–Crippen MR) is 58.1 cm³/mol. The summed E-state index contributed by atoms with van der Waals surface area (Å²) in [6.07, 6.45) is 0.447. The molecular weight excluding hydrogens is 208 g/mol. The van der Waals surface area contributed by atoms with Crippen LogP contribution in [0.2, 0.25) is 0 Å². The lowest BCUT2D eigenvalue weighted by atomic mass is 10.4. The second-order valence-corrected chi connectivity index (χ2v) is 5.39. The first kappa shape index (κ1) is 12.8. The number of rotatable bonds is 6. The zero-order chi connectivity index (χ0) is 10.5. The number of nitrogens with two attached hydrogens (primary N) is 1. The van der Waals surface area contributed by atoms with E-state index >= 15 is 0 Å². The molecule has 0 aromatic heterocycles. The van der Waals surface area contributed by atoms with Gasteiger partial charge in [0.2, 0.25) is 10.0 Å². The van der Waals surface area contributed by atoms with E-state index in [1.807, 2.05) is 0 Å². The van der Waals surface area contributed by atoms with E-state index in [1.165, 1.54) is 4.31 Å². The molecule has 0 spiro atoms. The lowest BCUT2D eigenvalue weighted by Crippen LogP contribution is -2.34. The smallest absolute Gasteiger partial charge is 0.213 e. The van der Waals surface area contributed by atoms with Gasteiger partial charge >= 0.3 is 0 Å². The van der Waals surface area contributed by atoms with E-state index in [4.69, 9.17) is 5.73 Å². The van der Waals surface area contributed by atoms with E-state index in [9.17, 15) is 8.42 Å². The van der Waals surface area contributed by atoms with Crippen LogP contribution >= 0.6 is 12.2 Å². The molecule has 0 fully saturated rings. The Bertz CT molecular complexity index is 262. The lowest BCUT2D eigenvalue weighted by molar-refractivity contribution is 0.438. The molecule has 4 nitrogen and oxygen atoms in total. The Balaban J connectivity index is 4.27. The maximum atomic E-state index is 11.4. The molecule has 0 atom stereocenters. The van der Waals surface area contributed by atoms with Gasteiger partial charge in [-0.15, -0.1) is 0 Å². The molecule has 0 aliphatic heterocycles. The Morgan fingerprint density at radius 1 is 1.46 bits per heavy atom. The minimum absolute atomic E-state index is 0.123. The second kappa shape index (κ2) is 5.51. The first-order chi connectivity index (χ1) is 5.94. The highest BCUT2D eigenvalue weighted by Crippen LogP contribution is 2.01. The van der Waals surface area contributed by atoms with Crippen molar-refractivity contribution in [2.45, 2.75) is 20.3 Å². The van der Waals surface area contributed by atoms with Gasteiger partial charge in [-0.1, -0.05) is 19.1 Å². The molecule has 0 aromatic carbocycles. The SMILES string of the molecule is CCN(CCC(N)=S)S(=O)(=O)CC. The average Bonchev–Trinajstić information content (AvgIpc) is 2.04. The Kier molecular flexibility index (Phi) is 5.43. The molecule has 0 aliphatic carbocycles. The largest absolute Gasteiger partial charge is 0.393 e. The first-order valence-electron chi connectivity index (χ1n) is 4.20. The highest BCUT2D eigenvalue weighted by atomic mass is 32.2. The third kappa shape index (κ3) is 4.54. The third-order valence-electron chi connectivity index (χ3n) is 1.72. The van der Waals surface area contributed by atoms with Crippen LogP contribution in [0.4, 0.5) is 0 Å². The van der Waals surface area contributed by atoms with Crippen LogP contribution in [-0.2, 0) is 10.0 Å². The molecule has 0 aliphatic rings. The van der Waals surface area contributed by atoms with Crippen LogP contribution in [0.3, 0.4) is 0 Å². The number of nitrogens with zero attached hydrogens (tertiary/aromatic N) is 1. The standard InChI is InChI=1S/C7H16N2O2S2/c1-3-9(6-5-7(8)12)13(10,11)4-2/h3-6H2,1-2H3,(H2,8,12). The molecule has 78 valence electrons. The normalized spacial score (nSPS) is 11.9. The number of hydrogen-bond acceptors (Lipinski definition) is 3. The van der Waals surface area contributed by atoms with E-state index in [-0.39, 0.29) is 5.75 Å². The van der Waals surface area contributed by atoms with Crippen LogP contribution in [0.25, 0.3) is 0 Å². The third-order valence-corrected chi connectivity index (χ3v) is 3.88. The van der Waals surface area contributed by atoms with Crippen molar-refractivity contribution in [2.75, 3.05) is 18.8 Å². The average molecular weight is 224 g/mol. The van der Waals surface area contributed by atoms with Crippen molar-refractivity contribution in [3.63, 3.8) is 0 Å². The molecular formula is C7H16N2O2S2. The maximum Gasteiger partial charge on any atom is 0.213 e. The summed E-state index contributed by atoms with van der Waals surface area (Å²) < 4.78 is 24.2. The molecule has 0 rings (SSSR count). The molecule has 13 heavy (non-hydrogen) atoms. The monoisotopic (exact) mass is 224 g/mol. The Morgan fingerprint density at radius 3 is 2.31 bits per heavy atom.